The minimum absolute atomic E-state index is 0.262. The number of amides is 2. The normalized spacial score (nSPS) is 14.1. The summed E-state index contributed by atoms with van der Waals surface area (Å²) in [5.41, 5.74) is 3.25. The van der Waals surface area contributed by atoms with E-state index >= 15 is 0 Å². The third-order valence-corrected chi connectivity index (χ3v) is 4.47. The summed E-state index contributed by atoms with van der Waals surface area (Å²) in [6.07, 6.45) is 0.714. The van der Waals surface area contributed by atoms with E-state index in [1.165, 1.54) is 4.90 Å². The van der Waals surface area contributed by atoms with Crippen molar-refractivity contribution < 1.29 is 14.3 Å². The molecule has 1 N–H and O–H groups in total. The van der Waals surface area contributed by atoms with Gasteiger partial charge in [0.05, 0.1) is 12.2 Å². The molecule has 1 aliphatic rings. The Morgan fingerprint density at radius 2 is 1.67 bits per heavy atom. The summed E-state index contributed by atoms with van der Waals surface area (Å²) in [7, 11) is 0. The third-order valence-electron chi connectivity index (χ3n) is 4.47. The maximum atomic E-state index is 13.0. The Hall–Kier alpha value is -3.08. The van der Waals surface area contributed by atoms with Crippen LogP contribution in [0.1, 0.15) is 31.4 Å². The summed E-state index contributed by atoms with van der Waals surface area (Å²) in [6.45, 7) is 6.80. The van der Waals surface area contributed by atoms with Crippen LogP contribution in [0.25, 0.3) is 5.57 Å². The zero-order valence-electron chi connectivity index (χ0n) is 15.9. The van der Waals surface area contributed by atoms with Crippen LogP contribution in [0, 0.1) is 6.92 Å². The molecule has 1 heterocycles. The number of para-hydroxylation sites is 1. The van der Waals surface area contributed by atoms with Gasteiger partial charge in [0.15, 0.2) is 0 Å². The Kier molecular flexibility index (Phi) is 5.60. The molecule has 0 aliphatic carbocycles. The second-order valence-electron chi connectivity index (χ2n) is 6.41. The molecule has 0 unspecified atom stereocenters. The number of anilines is 1. The smallest absolute Gasteiger partial charge is 0.278 e. The molecule has 0 fully saturated rings. The summed E-state index contributed by atoms with van der Waals surface area (Å²) in [5, 5.41) is 3.20. The molecule has 5 heteroatoms. The van der Waals surface area contributed by atoms with Gasteiger partial charge in [-0.15, -0.1) is 0 Å². The molecule has 0 bridgehead atoms. The van der Waals surface area contributed by atoms with Crippen LogP contribution in [0.3, 0.4) is 0 Å². The highest BCUT2D eigenvalue weighted by atomic mass is 16.5. The largest absolute Gasteiger partial charge is 0.494 e. The molecule has 2 aromatic carbocycles. The van der Waals surface area contributed by atoms with Gasteiger partial charge >= 0.3 is 0 Å². The lowest BCUT2D eigenvalue weighted by Crippen LogP contribution is -2.33. The number of ether oxygens (including phenoxy) is 1. The highest BCUT2D eigenvalue weighted by Crippen LogP contribution is 2.32. The van der Waals surface area contributed by atoms with Gasteiger partial charge in [0.1, 0.15) is 11.4 Å². The van der Waals surface area contributed by atoms with Crippen LogP contribution in [0.15, 0.2) is 54.2 Å². The molecule has 0 atom stereocenters. The SMILES string of the molecule is CCCN1C(=O)C(Nc2ccccc2C)=C(c2ccc(OCC)cc2)C1=O. The summed E-state index contributed by atoms with van der Waals surface area (Å²) in [6, 6.07) is 15.0. The average Bonchev–Trinajstić information content (AvgIpc) is 2.89. The molecule has 0 radical (unpaired) electrons. The zero-order valence-corrected chi connectivity index (χ0v) is 15.9. The summed E-state index contributed by atoms with van der Waals surface area (Å²) >= 11 is 0. The minimum Gasteiger partial charge on any atom is -0.494 e. The Balaban J connectivity index is 2.04. The first-order valence-corrected chi connectivity index (χ1v) is 9.23. The first kappa shape index (κ1) is 18.7. The van der Waals surface area contributed by atoms with Crippen molar-refractivity contribution in [3.05, 3.63) is 65.4 Å². The molecule has 2 amide bonds. The lowest BCUT2D eigenvalue weighted by atomic mass is 10.0. The lowest BCUT2D eigenvalue weighted by molar-refractivity contribution is -0.136. The maximum absolute atomic E-state index is 13.0. The van der Waals surface area contributed by atoms with E-state index in [9.17, 15) is 9.59 Å². The molecule has 140 valence electrons. The van der Waals surface area contributed by atoms with Crippen molar-refractivity contribution in [1.82, 2.24) is 4.90 Å². The first-order valence-electron chi connectivity index (χ1n) is 9.23. The van der Waals surface area contributed by atoms with Crippen LogP contribution in [-0.2, 0) is 9.59 Å². The third kappa shape index (κ3) is 3.72. The van der Waals surface area contributed by atoms with Crippen molar-refractivity contribution in [2.45, 2.75) is 27.2 Å². The fraction of sp³-hybridized carbons (Fsp3) is 0.273. The van der Waals surface area contributed by atoms with E-state index in [1.807, 2.05) is 69.3 Å². The Morgan fingerprint density at radius 3 is 2.30 bits per heavy atom. The molecule has 0 saturated carbocycles. The van der Waals surface area contributed by atoms with Crippen molar-refractivity contribution >= 4 is 23.1 Å². The minimum atomic E-state index is -0.283. The Morgan fingerprint density at radius 1 is 0.963 bits per heavy atom. The van der Waals surface area contributed by atoms with Gasteiger partial charge in [0.25, 0.3) is 11.8 Å². The van der Waals surface area contributed by atoms with Crippen molar-refractivity contribution in [1.29, 1.82) is 0 Å². The number of hydrogen-bond acceptors (Lipinski definition) is 4. The fourth-order valence-corrected chi connectivity index (χ4v) is 3.12. The molecule has 27 heavy (non-hydrogen) atoms. The van der Waals surface area contributed by atoms with E-state index in [2.05, 4.69) is 5.32 Å². The van der Waals surface area contributed by atoms with Gasteiger partial charge in [-0.3, -0.25) is 14.5 Å². The fourth-order valence-electron chi connectivity index (χ4n) is 3.12. The quantitative estimate of drug-likeness (QED) is 0.755. The summed E-state index contributed by atoms with van der Waals surface area (Å²) in [5.74, 6) is 0.188. The molecule has 1 aliphatic heterocycles. The van der Waals surface area contributed by atoms with Gasteiger partial charge in [0, 0.05) is 12.2 Å². The molecule has 3 rings (SSSR count). The maximum Gasteiger partial charge on any atom is 0.278 e. The number of nitrogens with zero attached hydrogens (tertiary/aromatic N) is 1. The lowest BCUT2D eigenvalue weighted by Gasteiger charge is -2.14. The van der Waals surface area contributed by atoms with E-state index in [0.717, 1.165) is 17.0 Å². The second kappa shape index (κ2) is 8.08. The van der Waals surface area contributed by atoms with E-state index in [4.69, 9.17) is 4.74 Å². The van der Waals surface area contributed by atoms with E-state index in [0.29, 0.717) is 36.4 Å². The van der Waals surface area contributed by atoms with Crippen molar-refractivity contribution in [3.63, 3.8) is 0 Å². The standard InChI is InChI=1S/C22H24N2O3/c1-4-14-24-21(25)19(16-10-12-17(13-11-16)27-5-2)20(22(24)26)23-18-9-7-6-8-15(18)3/h6-13,23H,4-5,14H2,1-3H3. The number of imide groups is 1. The van der Waals surface area contributed by atoms with Crippen LogP contribution < -0.4 is 10.1 Å². The van der Waals surface area contributed by atoms with Gasteiger partial charge in [0.2, 0.25) is 0 Å². The number of hydrogen-bond donors (Lipinski definition) is 1. The number of carbonyl (C=O) groups excluding carboxylic acids is 2. The molecule has 0 aromatic heterocycles. The van der Waals surface area contributed by atoms with Gasteiger partial charge in [-0.05, 0) is 49.6 Å². The molecular formula is C22H24N2O3. The van der Waals surface area contributed by atoms with E-state index in [-0.39, 0.29) is 11.8 Å². The van der Waals surface area contributed by atoms with Crippen molar-refractivity contribution in [3.8, 4) is 5.75 Å². The summed E-state index contributed by atoms with van der Waals surface area (Å²) < 4.78 is 5.48. The van der Waals surface area contributed by atoms with Crippen LogP contribution >= 0.6 is 0 Å². The highest BCUT2D eigenvalue weighted by molar-refractivity contribution is 6.36. The first-order chi connectivity index (χ1) is 13.1. The second-order valence-corrected chi connectivity index (χ2v) is 6.41. The van der Waals surface area contributed by atoms with Crippen LogP contribution in [0.4, 0.5) is 5.69 Å². The molecule has 0 spiro atoms. The number of nitrogens with one attached hydrogen (secondary N) is 1. The van der Waals surface area contributed by atoms with Crippen molar-refractivity contribution in [2.75, 3.05) is 18.5 Å². The zero-order chi connectivity index (χ0) is 19.4. The predicted molar refractivity (Wildman–Crippen MR) is 106 cm³/mol. The molecule has 0 saturated heterocycles. The van der Waals surface area contributed by atoms with Gasteiger partial charge in [-0.1, -0.05) is 37.3 Å². The summed E-state index contributed by atoms with van der Waals surface area (Å²) in [4.78, 5) is 27.2. The molecule has 2 aromatic rings. The Labute approximate surface area is 159 Å². The number of benzene rings is 2. The topological polar surface area (TPSA) is 58.6 Å². The number of aryl methyl sites for hydroxylation is 1. The number of rotatable bonds is 7. The monoisotopic (exact) mass is 364 g/mol. The average molecular weight is 364 g/mol. The van der Waals surface area contributed by atoms with Gasteiger partial charge in [-0.25, -0.2) is 0 Å². The highest BCUT2D eigenvalue weighted by Gasteiger charge is 2.38. The molecule has 5 nitrogen and oxygen atoms in total. The van der Waals surface area contributed by atoms with Gasteiger partial charge in [-0.2, -0.15) is 0 Å². The van der Waals surface area contributed by atoms with Crippen LogP contribution in [-0.4, -0.2) is 29.9 Å². The van der Waals surface area contributed by atoms with Crippen LogP contribution in [0.5, 0.6) is 5.75 Å². The van der Waals surface area contributed by atoms with E-state index in [1.54, 1.807) is 0 Å². The number of carbonyl (C=O) groups is 2. The van der Waals surface area contributed by atoms with Crippen molar-refractivity contribution in [2.24, 2.45) is 0 Å². The predicted octanol–water partition coefficient (Wildman–Crippen LogP) is 4.00. The molecular weight excluding hydrogens is 340 g/mol. The van der Waals surface area contributed by atoms with E-state index < -0.39 is 0 Å². The van der Waals surface area contributed by atoms with Gasteiger partial charge < -0.3 is 10.1 Å². The Bertz CT molecular complexity index is 885. The van der Waals surface area contributed by atoms with Crippen LogP contribution in [0.2, 0.25) is 0 Å².